The van der Waals surface area contributed by atoms with Crippen LogP contribution >= 0.6 is 11.5 Å². The van der Waals surface area contributed by atoms with E-state index in [9.17, 15) is 9.59 Å². The van der Waals surface area contributed by atoms with E-state index in [1.807, 2.05) is 45.0 Å². The first-order valence-corrected chi connectivity index (χ1v) is 9.70. The highest BCUT2D eigenvalue weighted by molar-refractivity contribution is 7.03. The van der Waals surface area contributed by atoms with Gasteiger partial charge in [-0.2, -0.15) is 0 Å². The van der Waals surface area contributed by atoms with Gasteiger partial charge in [0.2, 0.25) is 5.91 Å². The predicted octanol–water partition coefficient (Wildman–Crippen LogP) is 3.38. The molecular weight excluding hydrogens is 360 g/mol. The summed E-state index contributed by atoms with van der Waals surface area (Å²) in [5, 5.41) is 8.43. The number of nitrogens with one attached hydrogen (secondary N) is 1. The van der Waals surface area contributed by atoms with Crippen molar-refractivity contribution in [2.75, 3.05) is 6.54 Å². The first kappa shape index (κ1) is 20.8. The number of nitrogens with zero attached hydrogens (tertiary/aromatic N) is 3. The number of benzene rings is 1. The monoisotopic (exact) mass is 386 g/mol. The summed E-state index contributed by atoms with van der Waals surface area (Å²) < 4.78 is 3.76. The maximum atomic E-state index is 13.1. The van der Waals surface area contributed by atoms with Gasteiger partial charge < -0.3 is 10.2 Å². The molecule has 7 heteroatoms. The second-order valence-electron chi connectivity index (χ2n) is 7.27. The highest BCUT2D eigenvalue weighted by Crippen LogP contribution is 2.25. The van der Waals surface area contributed by atoms with Gasteiger partial charge in [0.15, 0.2) is 5.69 Å². The van der Waals surface area contributed by atoms with Crippen molar-refractivity contribution in [3.8, 4) is 0 Å². The molecule has 0 aliphatic carbocycles. The summed E-state index contributed by atoms with van der Waals surface area (Å²) in [6.07, 6.45) is 2.51. The lowest BCUT2D eigenvalue weighted by Crippen LogP contribution is -2.49. The summed E-state index contributed by atoms with van der Waals surface area (Å²) in [6, 6.07) is 6.96. The summed E-state index contributed by atoms with van der Waals surface area (Å²) in [7, 11) is 0. The van der Waals surface area contributed by atoms with Crippen molar-refractivity contribution in [3.05, 3.63) is 59.1 Å². The van der Waals surface area contributed by atoms with Gasteiger partial charge in [-0.25, -0.2) is 0 Å². The van der Waals surface area contributed by atoms with Gasteiger partial charge in [0.25, 0.3) is 5.91 Å². The lowest BCUT2D eigenvalue weighted by Gasteiger charge is -2.32. The fourth-order valence-electron chi connectivity index (χ4n) is 2.70. The molecule has 0 saturated carbocycles. The van der Waals surface area contributed by atoms with Crippen molar-refractivity contribution >= 4 is 23.3 Å². The highest BCUT2D eigenvalue weighted by Gasteiger charge is 2.33. The van der Waals surface area contributed by atoms with Crippen LogP contribution in [0.3, 0.4) is 0 Å². The lowest BCUT2D eigenvalue weighted by molar-refractivity contribution is -0.127. The third kappa shape index (κ3) is 5.47. The normalized spacial score (nSPS) is 12.3. The number of hydrogen-bond donors (Lipinski definition) is 1. The fraction of sp³-hybridized carbons (Fsp3) is 0.400. The number of amides is 2. The number of aromatic nitrogens is 2. The summed E-state index contributed by atoms with van der Waals surface area (Å²) in [6.45, 7) is 11.8. The Hall–Kier alpha value is -2.54. The maximum absolute atomic E-state index is 13.1. The smallest absolute Gasteiger partial charge is 0.276 e. The topological polar surface area (TPSA) is 75.2 Å². The fourth-order valence-corrected chi connectivity index (χ4v) is 3.13. The molecule has 2 amide bonds. The van der Waals surface area contributed by atoms with E-state index in [2.05, 4.69) is 28.4 Å². The second-order valence-corrected chi connectivity index (χ2v) is 7.88. The van der Waals surface area contributed by atoms with E-state index in [-0.39, 0.29) is 24.1 Å². The van der Waals surface area contributed by atoms with E-state index >= 15 is 0 Å². The van der Waals surface area contributed by atoms with Crippen molar-refractivity contribution in [1.82, 2.24) is 19.8 Å². The second kappa shape index (κ2) is 8.90. The van der Waals surface area contributed by atoms with E-state index in [4.69, 9.17) is 0 Å². The minimum atomic E-state index is -0.790. The molecule has 6 nitrogen and oxygen atoms in total. The molecule has 0 fully saturated rings. The van der Waals surface area contributed by atoms with Crippen molar-refractivity contribution in [1.29, 1.82) is 0 Å². The van der Waals surface area contributed by atoms with Crippen molar-refractivity contribution in [2.45, 2.75) is 45.7 Å². The molecule has 0 unspecified atom stereocenters. The van der Waals surface area contributed by atoms with E-state index in [1.165, 1.54) is 10.5 Å². The Bertz CT molecular complexity index is 779. The minimum absolute atomic E-state index is 0.216. The largest absolute Gasteiger partial charge is 0.349 e. The molecule has 0 aliphatic rings. The highest BCUT2D eigenvalue weighted by atomic mass is 32.1. The summed E-state index contributed by atoms with van der Waals surface area (Å²) in [5.41, 5.74) is 1.70. The van der Waals surface area contributed by atoms with Crippen LogP contribution in [0.2, 0.25) is 0 Å². The third-order valence-electron chi connectivity index (χ3n) is 3.93. The van der Waals surface area contributed by atoms with Crippen LogP contribution in [0.1, 0.15) is 55.4 Å². The molecular formula is C20H26N4O2S. The molecule has 0 aliphatic heterocycles. The molecule has 0 bridgehead atoms. The van der Waals surface area contributed by atoms with E-state index in [0.29, 0.717) is 0 Å². The number of rotatable bonds is 7. The van der Waals surface area contributed by atoms with Gasteiger partial charge >= 0.3 is 0 Å². The van der Waals surface area contributed by atoms with Crippen LogP contribution in [0.4, 0.5) is 0 Å². The summed E-state index contributed by atoms with van der Waals surface area (Å²) >= 11 is 1.10. The quantitative estimate of drug-likeness (QED) is 0.740. The van der Waals surface area contributed by atoms with Crippen LogP contribution in [0.15, 0.2) is 42.3 Å². The predicted molar refractivity (Wildman–Crippen MR) is 108 cm³/mol. The van der Waals surface area contributed by atoms with Crippen molar-refractivity contribution in [3.63, 3.8) is 0 Å². The van der Waals surface area contributed by atoms with Gasteiger partial charge in [-0.1, -0.05) is 41.8 Å². The van der Waals surface area contributed by atoms with Crippen molar-refractivity contribution < 1.29 is 9.59 Å². The van der Waals surface area contributed by atoms with Crippen LogP contribution in [0.25, 0.3) is 0 Å². The Kier molecular flexibility index (Phi) is 6.85. The Morgan fingerprint density at radius 2 is 1.96 bits per heavy atom. The maximum Gasteiger partial charge on any atom is 0.276 e. The molecule has 0 spiro atoms. The average Bonchev–Trinajstić information content (AvgIpc) is 3.14. The average molecular weight is 387 g/mol. The van der Waals surface area contributed by atoms with E-state index in [1.54, 1.807) is 11.5 Å². The zero-order valence-electron chi connectivity index (χ0n) is 16.2. The van der Waals surface area contributed by atoms with Gasteiger partial charge in [-0.15, -0.1) is 11.7 Å². The first-order chi connectivity index (χ1) is 12.8. The van der Waals surface area contributed by atoms with Gasteiger partial charge in [0.05, 0.1) is 0 Å². The molecule has 2 rings (SSSR count). The van der Waals surface area contributed by atoms with Crippen LogP contribution in [0, 0.1) is 0 Å². The number of aryl methyl sites for hydroxylation is 1. The molecule has 1 heterocycles. The van der Waals surface area contributed by atoms with Gasteiger partial charge in [-0.3, -0.25) is 9.59 Å². The van der Waals surface area contributed by atoms with Gasteiger partial charge in [0.1, 0.15) is 6.04 Å². The Morgan fingerprint density at radius 3 is 2.44 bits per heavy atom. The van der Waals surface area contributed by atoms with E-state index < -0.39 is 11.6 Å². The number of carbonyl (C=O) groups is 2. The minimum Gasteiger partial charge on any atom is -0.349 e. The van der Waals surface area contributed by atoms with Gasteiger partial charge in [-0.05, 0) is 49.9 Å². The van der Waals surface area contributed by atoms with Crippen molar-refractivity contribution in [2.24, 2.45) is 0 Å². The number of carbonyl (C=O) groups excluding carboxylic acids is 2. The Morgan fingerprint density at radius 1 is 1.30 bits per heavy atom. The molecule has 144 valence electrons. The first-order valence-electron chi connectivity index (χ1n) is 8.86. The molecule has 1 aromatic carbocycles. The molecule has 1 atom stereocenters. The zero-order chi connectivity index (χ0) is 20.0. The molecule has 1 aromatic heterocycles. The van der Waals surface area contributed by atoms with E-state index in [0.717, 1.165) is 23.5 Å². The molecule has 1 N–H and O–H groups in total. The third-order valence-corrected chi connectivity index (χ3v) is 4.43. The van der Waals surface area contributed by atoms with Gasteiger partial charge in [0, 0.05) is 17.5 Å². The standard InChI is InChI=1S/C20H26N4O2S/c1-6-12-24(19(26)16-13-27-23-22-16)17(18(25)21-20(3,4)5)15-10-8-14(7-2)9-11-15/h6,8-11,13,17H,1,7,12H2,2-5H3,(H,21,25)/t17-/m1/s1. The molecule has 0 radical (unpaired) electrons. The zero-order valence-corrected chi connectivity index (χ0v) is 17.0. The SMILES string of the molecule is C=CCN(C(=O)c1csnn1)[C@@H](C(=O)NC(C)(C)C)c1ccc(CC)cc1. The molecule has 27 heavy (non-hydrogen) atoms. The Balaban J connectivity index is 2.47. The summed E-state index contributed by atoms with van der Waals surface area (Å²) in [5.74, 6) is -0.595. The van der Waals surface area contributed by atoms with Crippen LogP contribution < -0.4 is 5.32 Å². The van der Waals surface area contributed by atoms with Crippen LogP contribution in [-0.4, -0.2) is 38.4 Å². The van der Waals surface area contributed by atoms with Crippen LogP contribution in [0.5, 0.6) is 0 Å². The lowest BCUT2D eigenvalue weighted by atomic mass is 9.99. The molecule has 0 saturated heterocycles. The summed E-state index contributed by atoms with van der Waals surface area (Å²) in [4.78, 5) is 27.6. The molecule has 2 aromatic rings. The number of hydrogen-bond acceptors (Lipinski definition) is 5. The Labute approximate surface area is 164 Å². The van der Waals surface area contributed by atoms with Crippen LogP contribution in [-0.2, 0) is 11.2 Å².